The van der Waals surface area contributed by atoms with Crippen LogP contribution in [0.3, 0.4) is 0 Å². The van der Waals surface area contributed by atoms with Gasteiger partial charge in [0.25, 0.3) is 11.7 Å². The number of nitrogens with one attached hydrogen (secondary N) is 1. The van der Waals surface area contributed by atoms with Gasteiger partial charge in [-0.15, -0.1) is 6.42 Å². The number of rotatable bonds is 5. The highest BCUT2D eigenvalue weighted by Gasteiger charge is 2.26. The van der Waals surface area contributed by atoms with Gasteiger partial charge in [-0.3, -0.25) is 14.4 Å². The molecule has 26 heavy (non-hydrogen) atoms. The molecule has 5 nitrogen and oxygen atoms in total. The van der Waals surface area contributed by atoms with Gasteiger partial charge < -0.3 is 9.73 Å². The van der Waals surface area contributed by atoms with Crippen LogP contribution in [0.15, 0.2) is 34.7 Å². The predicted molar refractivity (Wildman–Crippen MR) is 98.1 cm³/mol. The van der Waals surface area contributed by atoms with Crippen LogP contribution in [0.25, 0.3) is 0 Å². The molecule has 1 aromatic carbocycles. The molecule has 2 rings (SSSR count). The Balaban J connectivity index is 2.19. The molecule has 0 unspecified atom stereocenters. The van der Waals surface area contributed by atoms with Crippen LogP contribution < -0.4 is 5.32 Å². The molecule has 5 heteroatoms. The Hall–Kier alpha value is -3.13. The summed E-state index contributed by atoms with van der Waals surface area (Å²) in [4.78, 5) is 36.7. The Morgan fingerprint density at radius 1 is 1.19 bits per heavy atom. The lowest BCUT2D eigenvalue weighted by Crippen LogP contribution is -2.44. The van der Waals surface area contributed by atoms with Gasteiger partial charge in [-0.25, -0.2) is 0 Å². The summed E-state index contributed by atoms with van der Waals surface area (Å²) in [5.74, 6) is 0.883. The summed E-state index contributed by atoms with van der Waals surface area (Å²) >= 11 is 0. The van der Waals surface area contributed by atoms with Crippen molar-refractivity contribution in [3.63, 3.8) is 0 Å². The molecular formula is C21H21NO4. The quantitative estimate of drug-likeness (QED) is 0.510. The number of ketones is 2. The average molecular weight is 351 g/mol. The van der Waals surface area contributed by atoms with E-state index < -0.39 is 17.2 Å². The summed E-state index contributed by atoms with van der Waals surface area (Å²) < 4.78 is 5.35. The number of carbonyl (C=O) groups excluding carboxylic acids is 3. The Bertz CT molecular complexity index is 907. The number of aryl methyl sites for hydroxylation is 1. The summed E-state index contributed by atoms with van der Waals surface area (Å²) in [5.41, 5.74) is 1.19. The third kappa shape index (κ3) is 4.70. The second-order valence-electron chi connectivity index (χ2n) is 7.06. The van der Waals surface area contributed by atoms with Crippen molar-refractivity contribution in [3.8, 4) is 12.3 Å². The highest BCUT2D eigenvalue weighted by Crippen LogP contribution is 2.18. The molecule has 0 radical (unpaired) electrons. The van der Waals surface area contributed by atoms with E-state index in [1.807, 2.05) is 0 Å². The smallest absolute Gasteiger partial charge is 0.296 e. The fraction of sp³-hybridized carbons (Fsp3) is 0.286. The molecule has 134 valence electrons. The molecule has 1 N–H and O–H groups in total. The summed E-state index contributed by atoms with van der Waals surface area (Å²) in [6.45, 7) is 6.89. The van der Waals surface area contributed by atoms with Crippen molar-refractivity contribution in [2.24, 2.45) is 0 Å². The van der Waals surface area contributed by atoms with Gasteiger partial charge in [0.1, 0.15) is 5.76 Å². The van der Waals surface area contributed by atoms with Crippen LogP contribution in [0.4, 0.5) is 0 Å². The molecule has 2 aromatic rings. The average Bonchev–Trinajstić information content (AvgIpc) is 2.94. The van der Waals surface area contributed by atoms with Crippen LogP contribution in [-0.4, -0.2) is 23.0 Å². The maximum Gasteiger partial charge on any atom is 0.296 e. The van der Waals surface area contributed by atoms with Gasteiger partial charge in [-0.05, 0) is 51.5 Å². The van der Waals surface area contributed by atoms with Crippen LogP contribution in [-0.2, 0) is 11.2 Å². The normalized spacial score (nSPS) is 10.9. The van der Waals surface area contributed by atoms with Crippen LogP contribution in [0.1, 0.15) is 58.6 Å². The molecule has 0 fully saturated rings. The van der Waals surface area contributed by atoms with E-state index in [-0.39, 0.29) is 23.5 Å². The van der Waals surface area contributed by atoms with Crippen molar-refractivity contribution in [1.82, 2.24) is 5.32 Å². The molecule has 0 atom stereocenters. The zero-order valence-electron chi connectivity index (χ0n) is 15.3. The summed E-state index contributed by atoms with van der Waals surface area (Å²) in [6.07, 6.45) is 5.49. The maximum absolute atomic E-state index is 12.5. The van der Waals surface area contributed by atoms with Gasteiger partial charge in [0.2, 0.25) is 0 Å². The Labute approximate surface area is 152 Å². The third-order valence-electron chi connectivity index (χ3n) is 3.60. The molecule has 1 amide bonds. The van der Waals surface area contributed by atoms with Gasteiger partial charge >= 0.3 is 0 Å². The first-order chi connectivity index (χ1) is 12.1. The van der Waals surface area contributed by atoms with Crippen LogP contribution in [0, 0.1) is 19.3 Å². The van der Waals surface area contributed by atoms with Crippen LogP contribution in [0.2, 0.25) is 0 Å². The number of hydrogen-bond donors (Lipinski definition) is 1. The van der Waals surface area contributed by atoms with E-state index in [9.17, 15) is 14.4 Å². The second kappa shape index (κ2) is 7.40. The van der Waals surface area contributed by atoms with Gasteiger partial charge in [0.15, 0.2) is 11.5 Å². The van der Waals surface area contributed by atoms with E-state index >= 15 is 0 Å². The van der Waals surface area contributed by atoms with Gasteiger partial charge in [0.05, 0.1) is 5.56 Å². The number of terminal acetylenes is 1. The van der Waals surface area contributed by atoms with E-state index in [4.69, 9.17) is 10.8 Å². The van der Waals surface area contributed by atoms with Crippen molar-refractivity contribution < 1.29 is 18.8 Å². The SMILES string of the molecule is C#Cc1cccc(CC(=O)c2cc(C(=O)C(=O)NC(C)(C)C)oc2C)c1. The van der Waals surface area contributed by atoms with E-state index in [0.717, 1.165) is 5.56 Å². The van der Waals surface area contributed by atoms with Crippen molar-refractivity contribution in [2.75, 3.05) is 0 Å². The highest BCUT2D eigenvalue weighted by atomic mass is 16.3. The standard InChI is InChI=1S/C21H21NO4/c1-6-14-8-7-9-15(10-14)11-17(23)16-12-18(26-13(16)2)19(24)20(25)22-21(3,4)5/h1,7-10,12H,11H2,2-5H3,(H,22,25). The second-order valence-corrected chi connectivity index (χ2v) is 7.06. The Morgan fingerprint density at radius 2 is 1.88 bits per heavy atom. The first-order valence-corrected chi connectivity index (χ1v) is 8.17. The number of amides is 1. The first kappa shape index (κ1) is 19.2. The number of carbonyl (C=O) groups is 3. The first-order valence-electron chi connectivity index (χ1n) is 8.17. The van der Waals surface area contributed by atoms with E-state index in [1.165, 1.54) is 6.07 Å². The molecule has 0 bridgehead atoms. The summed E-state index contributed by atoms with van der Waals surface area (Å²) in [7, 11) is 0. The minimum absolute atomic E-state index is 0.123. The predicted octanol–water partition coefficient (Wildman–Crippen LogP) is 3.09. The lowest BCUT2D eigenvalue weighted by atomic mass is 10.0. The highest BCUT2D eigenvalue weighted by molar-refractivity contribution is 6.42. The van der Waals surface area contributed by atoms with Gasteiger partial charge in [0, 0.05) is 17.5 Å². The fourth-order valence-electron chi connectivity index (χ4n) is 2.43. The zero-order chi connectivity index (χ0) is 19.5. The Morgan fingerprint density at radius 3 is 2.50 bits per heavy atom. The molecule has 0 aliphatic rings. The molecule has 0 saturated carbocycles. The molecule has 1 heterocycles. The zero-order valence-corrected chi connectivity index (χ0v) is 15.3. The maximum atomic E-state index is 12.5. The number of furan rings is 1. The lowest BCUT2D eigenvalue weighted by molar-refractivity contribution is -0.118. The Kier molecular flexibility index (Phi) is 5.47. The van der Waals surface area contributed by atoms with Crippen LogP contribution >= 0.6 is 0 Å². The molecular weight excluding hydrogens is 330 g/mol. The summed E-state index contributed by atoms with van der Waals surface area (Å²) in [5, 5.41) is 2.58. The fourth-order valence-corrected chi connectivity index (χ4v) is 2.43. The van der Waals surface area contributed by atoms with Crippen LogP contribution in [0.5, 0.6) is 0 Å². The van der Waals surface area contributed by atoms with E-state index in [0.29, 0.717) is 11.3 Å². The molecule has 0 spiro atoms. The number of hydrogen-bond acceptors (Lipinski definition) is 4. The monoisotopic (exact) mass is 351 g/mol. The van der Waals surface area contributed by atoms with E-state index in [2.05, 4.69) is 11.2 Å². The molecule has 1 aromatic heterocycles. The van der Waals surface area contributed by atoms with Crippen molar-refractivity contribution in [2.45, 2.75) is 39.7 Å². The number of Topliss-reactive ketones (excluding diaryl/α,β-unsaturated/α-hetero) is 2. The minimum Gasteiger partial charge on any atom is -0.457 e. The topological polar surface area (TPSA) is 76.4 Å². The van der Waals surface area contributed by atoms with E-state index in [1.54, 1.807) is 52.0 Å². The lowest BCUT2D eigenvalue weighted by Gasteiger charge is -2.19. The van der Waals surface area contributed by atoms with Gasteiger partial charge in [-0.1, -0.05) is 18.1 Å². The molecule has 0 saturated heterocycles. The van der Waals surface area contributed by atoms with Gasteiger partial charge in [-0.2, -0.15) is 0 Å². The molecule has 0 aliphatic carbocycles. The van der Waals surface area contributed by atoms with Crippen molar-refractivity contribution in [3.05, 3.63) is 58.5 Å². The minimum atomic E-state index is -0.809. The van der Waals surface area contributed by atoms with Crippen molar-refractivity contribution in [1.29, 1.82) is 0 Å². The largest absolute Gasteiger partial charge is 0.457 e. The summed E-state index contributed by atoms with van der Waals surface area (Å²) in [6, 6.07) is 8.45. The number of benzene rings is 1. The third-order valence-corrected chi connectivity index (χ3v) is 3.60. The van der Waals surface area contributed by atoms with Crippen molar-refractivity contribution >= 4 is 17.5 Å². The molecule has 0 aliphatic heterocycles.